The molecule has 1 aliphatic carbocycles. The number of nitrogen functional groups attached to an aromatic ring is 1. The SMILES string of the molecule is CCC1(C)CC(F)Cc2sc(N)c(C#N)c21. The highest BCUT2D eigenvalue weighted by atomic mass is 32.1. The Bertz CT molecular complexity index is 460. The van der Waals surface area contributed by atoms with Crippen molar-refractivity contribution < 1.29 is 4.39 Å². The Morgan fingerprint density at radius 3 is 2.94 bits per heavy atom. The van der Waals surface area contributed by atoms with Crippen LogP contribution in [0.4, 0.5) is 9.39 Å². The van der Waals surface area contributed by atoms with Crippen molar-refractivity contribution in [1.82, 2.24) is 0 Å². The maximum absolute atomic E-state index is 13.7. The highest BCUT2D eigenvalue weighted by Crippen LogP contribution is 2.47. The third kappa shape index (κ3) is 1.51. The molecular formula is C12H15FN2S. The van der Waals surface area contributed by atoms with Crippen LogP contribution in [-0.2, 0) is 11.8 Å². The lowest BCUT2D eigenvalue weighted by molar-refractivity contribution is 0.227. The zero-order valence-electron chi connectivity index (χ0n) is 9.51. The Hall–Kier alpha value is -1.08. The van der Waals surface area contributed by atoms with Crippen molar-refractivity contribution in [3.63, 3.8) is 0 Å². The molecule has 2 unspecified atom stereocenters. The van der Waals surface area contributed by atoms with E-state index in [4.69, 9.17) is 11.0 Å². The first-order valence-electron chi connectivity index (χ1n) is 5.47. The van der Waals surface area contributed by atoms with Crippen molar-refractivity contribution in [2.45, 2.75) is 44.7 Å². The van der Waals surface area contributed by atoms with Crippen molar-refractivity contribution >= 4 is 16.3 Å². The molecule has 2 N–H and O–H groups in total. The van der Waals surface area contributed by atoms with E-state index in [-0.39, 0.29) is 5.41 Å². The standard InChI is InChI=1S/C12H15FN2S/c1-3-12(2)5-7(13)4-9-10(12)8(6-14)11(15)16-9/h7H,3-5,15H2,1-2H3. The number of hydrogen-bond acceptors (Lipinski definition) is 3. The summed E-state index contributed by atoms with van der Waals surface area (Å²) in [6.07, 6.45) is 0.954. The lowest BCUT2D eigenvalue weighted by atomic mass is 9.70. The molecule has 1 aromatic heterocycles. The van der Waals surface area contributed by atoms with Crippen LogP contribution >= 0.6 is 11.3 Å². The lowest BCUT2D eigenvalue weighted by Gasteiger charge is -2.35. The van der Waals surface area contributed by atoms with Gasteiger partial charge in [0.1, 0.15) is 17.2 Å². The predicted molar refractivity (Wildman–Crippen MR) is 64.3 cm³/mol. The summed E-state index contributed by atoms with van der Waals surface area (Å²) in [5, 5.41) is 9.68. The van der Waals surface area contributed by atoms with Crippen molar-refractivity contribution in [2.75, 3.05) is 5.73 Å². The average Bonchev–Trinajstić information content (AvgIpc) is 2.54. The fraction of sp³-hybridized carbons (Fsp3) is 0.583. The van der Waals surface area contributed by atoms with Gasteiger partial charge in [-0.1, -0.05) is 13.8 Å². The molecule has 1 heterocycles. The fourth-order valence-corrected chi connectivity index (χ4v) is 3.81. The number of halogens is 1. The van der Waals surface area contributed by atoms with E-state index >= 15 is 0 Å². The first-order valence-corrected chi connectivity index (χ1v) is 6.29. The molecule has 0 spiro atoms. The van der Waals surface area contributed by atoms with E-state index in [0.29, 0.717) is 23.4 Å². The number of thiophene rings is 1. The Morgan fingerprint density at radius 1 is 1.69 bits per heavy atom. The van der Waals surface area contributed by atoms with Crippen molar-refractivity contribution in [3.05, 3.63) is 16.0 Å². The van der Waals surface area contributed by atoms with Crippen LogP contribution in [0.2, 0.25) is 0 Å². The molecule has 2 nitrogen and oxygen atoms in total. The van der Waals surface area contributed by atoms with Crippen molar-refractivity contribution in [3.8, 4) is 6.07 Å². The smallest absolute Gasteiger partial charge is 0.106 e. The van der Waals surface area contributed by atoms with Crippen LogP contribution in [0.5, 0.6) is 0 Å². The van der Waals surface area contributed by atoms with Crippen LogP contribution in [-0.4, -0.2) is 6.17 Å². The number of alkyl halides is 1. The molecule has 86 valence electrons. The Labute approximate surface area is 98.9 Å². The van der Waals surface area contributed by atoms with E-state index in [2.05, 4.69) is 6.07 Å². The molecule has 1 aliphatic rings. The molecule has 2 atom stereocenters. The van der Waals surface area contributed by atoms with Gasteiger partial charge < -0.3 is 5.73 Å². The Kier molecular flexibility index (Phi) is 2.67. The second kappa shape index (κ2) is 3.74. The molecule has 0 aromatic carbocycles. The van der Waals surface area contributed by atoms with E-state index in [0.717, 1.165) is 16.9 Å². The number of hydrogen-bond donors (Lipinski definition) is 1. The van der Waals surface area contributed by atoms with Gasteiger partial charge in [0.25, 0.3) is 0 Å². The summed E-state index contributed by atoms with van der Waals surface area (Å²) in [5.41, 5.74) is 7.18. The quantitative estimate of drug-likeness (QED) is 0.817. The summed E-state index contributed by atoms with van der Waals surface area (Å²) in [6, 6.07) is 2.17. The highest BCUT2D eigenvalue weighted by molar-refractivity contribution is 7.16. The van der Waals surface area contributed by atoms with Gasteiger partial charge in [-0.3, -0.25) is 0 Å². The summed E-state index contributed by atoms with van der Waals surface area (Å²) >= 11 is 1.38. The Balaban J connectivity index is 2.64. The lowest BCUT2D eigenvalue weighted by Crippen LogP contribution is -2.32. The predicted octanol–water partition coefficient (Wildman–Crippen LogP) is 3.15. The third-order valence-electron chi connectivity index (χ3n) is 3.58. The minimum absolute atomic E-state index is 0.230. The Morgan fingerprint density at radius 2 is 2.38 bits per heavy atom. The first kappa shape index (κ1) is 11.4. The van der Waals surface area contributed by atoms with E-state index in [9.17, 15) is 4.39 Å². The molecule has 0 radical (unpaired) electrons. The van der Waals surface area contributed by atoms with Crippen molar-refractivity contribution in [2.24, 2.45) is 0 Å². The van der Waals surface area contributed by atoms with Crippen LogP contribution < -0.4 is 5.73 Å². The molecule has 0 saturated heterocycles. The number of fused-ring (bicyclic) bond motifs is 1. The second-order valence-corrected chi connectivity index (χ2v) is 5.81. The molecule has 4 heteroatoms. The zero-order valence-corrected chi connectivity index (χ0v) is 10.3. The molecule has 0 fully saturated rings. The molecule has 0 saturated carbocycles. The summed E-state index contributed by atoms with van der Waals surface area (Å²) in [7, 11) is 0. The number of anilines is 1. The molecule has 0 amide bonds. The normalized spacial score (nSPS) is 28.5. The van der Waals surface area contributed by atoms with E-state index in [1.54, 1.807) is 0 Å². The number of nitrogens with two attached hydrogens (primary N) is 1. The van der Waals surface area contributed by atoms with Gasteiger partial charge in [0, 0.05) is 11.3 Å². The maximum atomic E-state index is 13.7. The molecular weight excluding hydrogens is 223 g/mol. The topological polar surface area (TPSA) is 49.8 Å². The second-order valence-electron chi connectivity index (χ2n) is 4.67. The van der Waals surface area contributed by atoms with Gasteiger partial charge in [-0.2, -0.15) is 5.26 Å². The van der Waals surface area contributed by atoms with E-state index in [1.807, 2.05) is 13.8 Å². The molecule has 1 aromatic rings. The zero-order chi connectivity index (χ0) is 11.9. The average molecular weight is 238 g/mol. The van der Waals surface area contributed by atoms with Gasteiger partial charge in [0.2, 0.25) is 0 Å². The van der Waals surface area contributed by atoms with Crippen molar-refractivity contribution in [1.29, 1.82) is 5.26 Å². The summed E-state index contributed by atoms with van der Waals surface area (Å²) < 4.78 is 13.7. The van der Waals surface area contributed by atoms with Gasteiger partial charge in [0.15, 0.2) is 0 Å². The number of nitriles is 1. The summed E-state index contributed by atoms with van der Waals surface area (Å²) in [6.45, 7) is 4.07. The molecule has 2 rings (SSSR count). The summed E-state index contributed by atoms with van der Waals surface area (Å²) in [4.78, 5) is 0.970. The molecule has 0 bridgehead atoms. The molecule has 0 aliphatic heterocycles. The summed E-state index contributed by atoms with van der Waals surface area (Å²) in [5.74, 6) is 0. The monoisotopic (exact) mass is 238 g/mol. The minimum atomic E-state index is -0.804. The van der Waals surface area contributed by atoms with Gasteiger partial charge in [-0.15, -0.1) is 11.3 Å². The highest BCUT2D eigenvalue weighted by Gasteiger charge is 2.39. The number of rotatable bonds is 1. The number of nitrogens with zero attached hydrogens (tertiary/aromatic N) is 1. The van der Waals surface area contributed by atoms with Gasteiger partial charge in [-0.05, 0) is 23.8 Å². The fourth-order valence-electron chi connectivity index (χ4n) is 2.58. The maximum Gasteiger partial charge on any atom is 0.106 e. The van der Waals surface area contributed by atoms with E-state index < -0.39 is 6.17 Å². The van der Waals surface area contributed by atoms with Crippen LogP contribution in [0, 0.1) is 11.3 Å². The van der Waals surface area contributed by atoms with Gasteiger partial charge >= 0.3 is 0 Å². The third-order valence-corrected chi connectivity index (χ3v) is 4.62. The first-order chi connectivity index (χ1) is 7.51. The van der Waals surface area contributed by atoms with Gasteiger partial charge in [0.05, 0.1) is 5.56 Å². The van der Waals surface area contributed by atoms with Crippen LogP contribution in [0.3, 0.4) is 0 Å². The van der Waals surface area contributed by atoms with E-state index in [1.165, 1.54) is 11.3 Å². The minimum Gasteiger partial charge on any atom is -0.389 e. The van der Waals surface area contributed by atoms with Crippen LogP contribution in [0.1, 0.15) is 42.7 Å². The largest absolute Gasteiger partial charge is 0.389 e. The van der Waals surface area contributed by atoms with Gasteiger partial charge in [-0.25, -0.2) is 4.39 Å². The van der Waals surface area contributed by atoms with Crippen LogP contribution in [0.25, 0.3) is 0 Å². The van der Waals surface area contributed by atoms with Crippen LogP contribution in [0.15, 0.2) is 0 Å². The molecule has 16 heavy (non-hydrogen) atoms.